The van der Waals surface area contributed by atoms with Crippen LogP contribution < -0.4 is 10.1 Å². The Morgan fingerprint density at radius 2 is 1.79 bits per heavy atom. The standard InChI is InChI=1S/C21H21NO7/c1-13(8-11-18(24)25)19(15-9-10-17(28-2)16(23)12-15)29-21(27)22-20(26)14-6-4-3-5-7-14/h3-13,19,23H,1-2H3,(H,24,25)(H,22,26,27)/b11-8+/t13-,19-/m1/s1. The first kappa shape index (κ1) is 21.5. The molecule has 0 aliphatic rings. The van der Waals surface area contributed by atoms with Crippen molar-refractivity contribution in [1.29, 1.82) is 0 Å². The number of phenolic OH excluding ortho intramolecular Hbond substituents is 1. The third kappa shape index (κ3) is 6.10. The highest BCUT2D eigenvalue weighted by atomic mass is 16.6. The Hall–Kier alpha value is -3.81. The maximum atomic E-state index is 12.3. The number of rotatable bonds is 7. The molecule has 2 amide bonds. The molecular weight excluding hydrogens is 378 g/mol. The number of aliphatic carboxylic acids is 1. The van der Waals surface area contributed by atoms with Gasteiger partial charge in [0.25, 0.3) is 5.91 Å². The Labute approximate surface area is 167 Å². The Kier molecular flexibility index (Phi) is 7.36. The highest BCUT2D eigenvalue weighted by Gasteiger charge is 2.24. The molecule has 152 valence electrons. The van der Waals surface area contributed by atoms with Crippen LogP contribution in [0.15, 0.2) is 60.7 Å². The van der Waals surface area contributed by atoms with Gasteiger partial charge in [-0.1, -0.05) is 37.3 Å². The lowest BCUT2D eigenvalue weighted by Crippen LogP contribution is -2.33. The van der Waals surface area contributed by atoms with Crippen LogP contribution in [0.4, 0.5) is 4.79 Å². The molecule has 0 aliphatic heterocycles. The fraction of sp³-hybridized carbons (Fsp3) is 0.190. The second-order valence-electron chi connectivity index (χ2n) is 6.13. The number of amides is 2. The van der Waals surface area contributed by atoms with Crippen molar-refractivity contribution < 1.29 is 34.1 Å². The lowest BCUT2D eigenvalue weighted by Gasteiger charge is -2.23. The van der Waals surface area contributed by atoms with Crippen molar-refractivity contribution in [2.24, 2.45) is 5.92 Å². The third-order valence-electron chi connectivity index (χ3n) is 4.04. The van der Waals surface area contributed by atoms with Gasteiger partial charge in [0, 0.05) is 17.6 Å². The molecule has 0 heterocycles. The van der Waals surface area contributed by atoms with Gasteiger partial charge in [0.05, 0.1) is 7.11 Å². The van der Waals surface area contributed by atoms with E-state index in [1.54, 1.807) is 43.3 Å². The second kappa shape index (κ2) is 9.93. The molecule has 0 saturated heterocycles. The SMILES string of the molecule is COc1ccc([C@H](OC(=O)NC(=O)c2ccccc2)[C@H](C)/C=C/C(=O)O)cc1O. The van der Waals surface area contributed by atoms with E-state index < -0.39 is 30.0 Å². The number of carboxylic acids is 1. The Bertz CT molecular complexity index is 909. The molecular formula is C21H21NO7. The summed E-state index contributed by atoms with van der Waals surface area (Å²) in [5.74, 6) is -2.31. The van der Waals surface area contributed by atoms with Gasteiger partial charge in [0.2, 0.25) is 0 Å². The molecule has 0 radical (unpaired) electrons. The fourth-order valence-corrected chi connectivity index (χ4v) is 2.60. The summed E-state index contributed by atoms with van der Waals surface area (Å²) in [6.45, 7) is 1.64. The van der Waals surface area contributed by atoms with Crippen LogP contribution >= 0.6 is 0 Å². The van der Waals surface area contributed by atoms with Crippen molar-refractivity contribution in [3.63, 3.8) is 0 Å². The van der Waals surface area contributed by atoms with E-state index in [4.69, 9.17) is 14.6 Å². The van der Waals surface area contributed by atoms with E-state index in [9.17, 15) is 19.5 Å². The minimum absolute atomic E-state index is 0.172. The minimum atomic E-state index is -1.16. The number of imide groups is 1. The van der Waals surface area contributed by atoms with Crippen molar-refractivity contribution in [3.8, 4) is 11.5 Å². The van der Waals surface area contributed by atoms with Gasteiger partial charge in [0.1, 0.15) is 6.10 Å². The number of nitrogens with one attached hydrogen (secondary N) is 1. The van der Waals surface area contributed by atoms with E-state index in [0.29, 0.717) is 5.56 Å². The van der Waals surface area contributed by atoms with E-state index in [1.165, 1.54) is 25.3 Å². The van der Waals surface area contributed by atoms with Gasteiger partial charge in [-0.25, -0.2) is 9.59 Å². The van der Waals surface area contributed by atoms with E-state index in [0.717, 1.165) is 6.08 Å². The topological polar surface area (TPSA) is 122 Å². The van der Waals surface area contributed by atoms with Crippen molar-refractivity contribution in [3.05, 3.63) is 71.8 Å². The van der Waals surface area contributed by atoms with Gasteiger partial charge in [-0.3, -0.25) is 10.1 Å². The summed E-state index contributed by atoms with van der Waals surface area (Å²) in [4.78, 5) is 35.2. The summed E-state index contributed by atoms with van der Waals surface area (Å²) in [7, 11) is 1.39. The number of carboxylic acid groups (broad SMARTS) is 1. The molecule has 29 heavy (non-hydrogen) atoms. The second-order valence-corrected chi connectivity index (χ2v) is 6.13. The van der Waals surface area contributed by atoms with Gasteiger partial charge >= 0.3 is 12.1 Å². The van der Waals surface area contributed by atoms with Crippen molar-refractivity contribution >= 4 is 18.0 Å². The first-order valence-electron chi connectivity index (χ1n) is 8.67. The normalized spacial score (nSPS) is 12.8. The van der Waals surface area contributed by atoms with Crippen LogP contribution in [0.25, 0.3) is 0 Å². The molecule has 0 aliphatic carbocycles. The summed E-state index contributed by atoms with van der Waals surface area (Å²) in [5, 5.41) is 21.0. The molecule has 2 atom stereocenters. The molecule has 2 aromatic carbocycles. The maximum Gasteiger partial charge on any atom is 0.414 e. The molecule has 0 saturated carbocycles. The molecule has 0 spiro atoms. The zero-order valence-corrected chi connectivity index (χ0v) is 15.9. The van der Waals surface area contributed by atoms with E-state index >= 15 is 0 Å². The molecule has 2 rings (SSSR count). The maximum absolute atomic E-state index is 12.3. The number of alkyl carbamates (subject to hydrolysis) is 1. The van der Waals surface area contributed by atoms with Crippen molar-refractivity contribution in [2.75, 3.05) is 7.11 Å². The summed E-state index contributed by atoms with van der Waals surface area (Å²) in [6, 6.07) is 12.5. The highest BCUT2D eigenvalue weighted by Crippen LogP contribution is 2.34. The molecule has 0 unspecified atom stereocenters. The first-order chi connectivity index (χ1) is 13.8. The zero-order chi connectivity index (χ0) is 21.4. The van der Waals surface area contributed by atoms with Crippen LogP contribution in [0.3, 0.4) is 0 Å². The molecule has 0 bridgehead atoms. The highest BCUT2D eigenvalue weighted by molar-refractivity contribution is 6.02. The predicted octanol–water partition coefficient (Wildman–Crippen LogP) is 3.29. The lowest BCUT2D eigenvalue weighted by molar-refractivity contribution is -0.131. The third-order valence-corrected chi connectivity index (χ3v) is 4.04. The van der Waals surface area contributed by atoms with Crippen LogP contribution in [0, 0.1) is 5.92 Å². The van der Waals surface area contributed by atoms with Crippen LogP contribution in [0.2, 0.25) is 0 Å². The van der Waals surface area contributed by atoms with Gasteiger partial charge in [-0.2, -0.15) is 0 Å². The summed E-state index contributed by atoms with van der Waals surface area (Å²) in [6.07, 6.45) is 0.304. The van der Waals surface area contributed by atoms with Crippen molar-refractivity contribution in [1.82, 2.24) is 5.32 Å². The minimum Gasteiger partial charge on any atom is -0.504 e. The molecule has 0 fully saturated rings. The average Bonchev–Trinajstić information content (AvgIpc) is 2.70. The molecule has 8 nitrogen and oxygen atoms in total. The van der Waals surface area contributed by atoms with Crippen LogP contribution in [0.1, 0.15) is 28.9 Å². The van der Waals surface area contributed by atoms with E-state index in [2.05, 4.69) is 5.32 Å². The number of phenols is 1. The number of benzene rings is 2. The van der Waals surface area contributed by atoms with Crippen LogP contribution in [-0.4, -0.2) is 35.3 Å². The smallest absolute Gasteiger partial charge is 0.414 e. The van der Waals surface area contributed by atoms with E-state index in [-0.39, 0.29) is 17.1 Å². The van der Waals surface area contributed by atoms with Gasteiger partial charge in [-0.15, -0.1) is 0 Å². The van der Waals surface area contributed by atoms with Gasteiger partial charge in [0.15, 0.2) is 11.5 Å². The monoisotopic (exact) mass is 399 g/mol. The fourth-order valence-electron chi connectivity index (χ4n) is 2.60. The predicted molar refractivity (Wildman–Crippen MR) is 104 cm³/mol. The molecule has 8 heteroatoms. The average molecular weight is 399 g/mol. The number of carbonyl (C=O) groups excluding carboxylic acids is 2. The largest absolute Gasteiger partial charge is 0.504 e. The number of aromatic hydroxyl groups is 1. The Morgan fingerprint density at radius 1 is 1.10 bits per heavy atom. The zero-order valence-electron chi connectivity index (χ0n) is 15.9. The Balaban J connectivity index is 2.22. The summed E-state index contributed by atoms with van der Waals surface area (Å²) >= 11 is 0. The number of ether oxygens (including phenoxy) is 2. The first-order valence-corrected chi connectivity index (χ1v) is 8.67. The number of carbonyl (C=O) groups is 3. The summed E-state index contributed by atoms with van der Waals surface area (Å²) < 4.78 is 10.4. The number of hydrogen-bond donors (Lipinski definition) is 3. The Morgan fingerprint density at radius 3 is 2.38 bits per heavy atom. The van der Waals surface area contributed by atoms with Gasteiger partial charge < -0.3 is 19.7 Å². The van der Waals surface area contributed by atoms with E-state index in [1.807, 2.05) is 0 Å². The quantitative estimate of drug-likeness (QED) is 0.611. The molecule has 0 aromatic heterocycles. The van der Waals surface area contributed by atoms with Crippen molar-refractivity contribution in [2.45, 2.75) is 13.0 Å². The number of methoxy groups -OCH3 is 1. The molecule has 3 N–H and O–H groups in total. The number of hydrogen-bond acceptors (Lipinski definition) is 6. The lowest BCUT2D eigenvalue weighted by atomic mass is 9.96. The van der Waals surface area contributed by atoms with Crippen LogP contribution in [0.5, 0.6) is 11.5 Å². The summed E-state index contributed by atoms with van der Waals surface area (Å²) in [5.41, 5.74) is 0.676. The van der Waals surface area contributed by atoms with Crippen LogP contribution in [-0.2, 0) is 9.53 Å². The molecule has 2 aromatic rings. The van der Waals surface area contributed by atoms with Gasteiger partial charge in [-0.05, 0) is 29.8 Å².